The molecule has 0 atom stereocenters. The number of ether oxygens (including phenoxy) is 2. The number of aromatic nitrogens is 2. The Balaban J connectivity index is 1.49. The van der Waals surface area contributed by atoms with E-state index < -0.39 is 17.8 Å². The van der Waals surface area contributed by atoms with Crippen molar-refractivity contribution in [3.8, 4) is 27.3 Å². The Morgan fingerprint density at radius 3 is 2.70 bits per heavy atom. The Morgan fingerprint density at radius 2 is 1.91 bits per heavy atom. The quantitative estimate of drug-likeness (QED) is 0.171. The van der Waals surface area contributed by atoms with E-state index in [4.69, 9.17) is 21.1 Å². The van der Waals surface area contributed by atoms with Crippen molar-refractivity contribution in [3.05, 3.63) is 87.6 Å². The molecule has 1 aliphatic heterocycles. The molecular formula is C32H27ClN4O5S. The number of thiophene rings is 1. The summed E-state index contributed by atoms with van der Waals surface area (Å²) in [5.74, 6) is -0.831. The molecule has 0 fully saturated rings. The van der Waals surface area contributed by atoms with E-state index in [1.807, 2.05) is 37.4 Å². The van der Waals surface area contributed by atoms with Crippen LogP contribution in [0.2, 0.25) is 5.02 Å². The first-order chi connectivity index (χ1) is 20.7. The zero-order chi connectivity index (χ0) is 30.2. The number of benzene rings is 2. The number of carbonyl (C=O) groups excluding carboxylic acids is 3. The van der Waals surface area contributed by atoms with E-state index in [0.717, 1.165) is 26.9 Å². The van der Waals surface area contributed by atoms with E-state index in [1.165, 1.54) is 13.2 Å². The summed E-state index contributed by atoms with van der Waals surface area (Å²) in [7, 11) is 1.24. The van der Waals surface area contributed by atoms with Crippen LogP contribution in [-0.2, 0) is 11.3 Å². The number of anilines is 1. The van der Waals surface area contributed by atoms with E-state index in [2.05, 4.69) is 20.6 Å². The van der Waals surface area contributed by atoms with Crippen LogP contribution >= 0.6 is 22.9 Å². The summed E-state index contributed by atoms with van der Waals surface area (Å²) in [6.07, 6.45) is 1.77. The average Bonchev–Trinajstić information content (AvgIpc) is 3.70. The molecule has 0 aliphatic carbocycles. The normalized spacial score (nSPS) is 11.9. The van der Waals surface area contributed by atoms with E-state index in [9.17, 15) is 14.4 Å². The van der Waals surface area contributed by atoms with Crippen LogP contribution in [0.25, 0.3) is 32.5 Å². The Hall–Kier alpha value is -4.67. The van der Waals surface area contributed by atoms with E-state index >= 15 is 0 Å². The maximum atomic E-state index is 14.0. The minimum Gasteiger partial charge on any atom is -0.488 e. The molecule has 218 valence electrons. The number of carbonyl (C=O) groups is 3. The number of halogens is 1. The van der Waals surface area contributed by atoms with Crippen LogP contribution in [0.15, 0.2) is 60.1 Å². The summed E-state index contributed by atoms with van der Waals surface area (Å²) in [6, 6.07) is 14.0. The maximum absolute atomic E-state index is 14.0. The fourth-order valence-electron chi connectivity index (χ4n) is 4.95. The van der Waals surface area contributed by atoms with Gasteiger partial charge in [-0.25, -0.2) is 9.78 Å². The second kappa shape index (κ2) is 11.5. The molecule has 4 heterocycles. The lowest BCUT2D eigenvalue weighted by Gasteiger charge is -2.22. The number of hydrogen-bond acceptors (Lipinski definition) is 7. The van der Waals surface area contributed by atoms with Gasteiger partial charge in [0.15, 0.2) is 5.69 Å². The largest absolute Gasteiger partial charge is 0.488 e. The molecule has 0 unspecified atom stereocenters. The van der Waals surface area contributed by atoms with Gasteiger partial charge in [-0.3, -0.25) is 9.59 Å². The van der Waals surface area contributed by atoms with Gasteiger partial charge in [0, 0.05) is 56.3 Å². The molecule has 0 bridgehead atoms. The smallest absolute Gasteiger partial charge is 0.357 e. The topological polar surface area (TPSA) is 122 Å². The predicted octanol–water partition coefficient (Wildman–Crippen LogP) is 6.93. The number of pyridine rings is 1. The molecule has 3 N–H and O–H groups in total. The number of rotatable bonds is 7. The summed E-state index contributed by atoms with van der Waals surface area (Å²) < 4.78 is 11.1. The lowest BCUT2D eigenvalue weighted by Crippen LogP contribution is -2.28. The monoisotopic (exact) mass is 614 g/mol. The van der Waals surface area contributed by atoms with Gasteiger partial charge in [-0.05, 0) is 59.8 Å². The summed E-state index contributed by atoms with van der Waals surface area (Å²) in [4.78, 5) is 48.3. The highest BCUT2D eigenvalue weighted by Gasteiger charge is 2.28. The van der Waals surface area contributed by atoms with Crippen molar-refractivity contribution in [3.63, 3.8) is 0 Å². The third-order valence-electron chi connectivity index (χ3n) is 7.12. The van der Waals surface area contributed by atoms with Gasteiger partial charge in [-0.15, -0.1) is 11.3 Å². The van der Waals surface area contributed by atoms with Crippen molar-refractivity contribution in [1.82, 2.24) is 15.3 Å². The van der Waals surface area contributed by atoms with Crippen LogP contribution < -0.4 is 15.4 Å². The molecule has 0 spiro atoms. The van der Waals surface area contributed by atoms with Crippen molar-refractivity contribution in [2.75, 3.05) is 19.0 Å². The third kappa shape index (κ3) is 5.35. The predicted molar refractivity (Wildman–Crippen MR) is 167 cm³/mol. The van der Waals surface area contributed by atoms with E-state index in [0.29, 0.717) is 40.7 Å². The highest BCUT2D eigenvalue weighted by atomic mass is 35.5. The average molecular weight is 615 g/mol. The van der Waals surface area contributed by atoms with Gasteiger partial charge in [-0.2, -0.15) is 0 Å². The fraction of sp³-hybridized carbons (Fsp3) is 0.188. The van der Waals surface area contributed by atoms with Crippen LogP contribution in [0.4, 0.5) is 5.69 Å². The number of fused-ring (bicyclic) bond motifs is 4. The first-order valence-electron chi connectivity index (χ1n) is 13.6. The number of esters is 1. The van der Waals surface area contributed by atoms with Gasteiger partial charge in [-0.1, -0.05) is 25.4 Å². The number of nitrogens with one attached hydrogen (secondary N) is 3. The Bertz CT molecular complexity index is 1910. The van der Waals surface area contributed by atoms with E-state index in [1.54, 1.807) is 41.8 Å². The van der Waals surface area contributed by atoms with Crippen molar-refractivity contribution >= 4 is 57.3 Å². The minimum absolute atomic E-state index is 0.0554. The molecule has 3 aromatic heterocycles. The van der Waals surface area contributed by atoms with Gasteiger partial charge < -0.3 is 25.1 Å². The SMILES string of the molecule is COC(=O)c1nc(C(=O)NCC(C)C)ccc1-c1cc2c(cc1C(=O)Nc1ccc3[nH]ccc3c1Cl)-c1sccc1CO2. The fourth-order valence-corrected chi connectivity index (χ4v) is 6.16. The number of methoxy groups -OCH3 is 1. The van der Waals surface area contributed by atoms with Crippen LogP contribution in [0.1, 0.15) is 50.7 Å². The molecule has 0 radical (unpaired) electrons. The number of hydrogen-bond donors (Lipinski definition) is 3. The zero-order valence-electron chi connectivity index (χ0n) is 23.5. The molecule has 9 nitrogen and oxygen atoms in total. The second-order valence-corrected chi connectivity index (χ2v) is 11.8. The molecule has 5 aromatic rings. The number of H-pyrrole nitrogens is 1. The van der Waals surface area contributed by atoms with Gasteiger partial charge in [0.1, 0.15) is 18.1 Å². The van der Waals surface area contributed by atoms with Crippen LogP contribution in [0, 0.1) is 5.92 Å². The highest BCUT2D eigenvalue weighted by Crippen LogP contribution is 2.45. The number of aromatic amines is 1. The lowest BCUT2D eigenvalue weighted by atomic mass is 9.92. The molecule has 0 saturated heterocycles. The molecule has 2 amide bonds. The van der Waals surface area contributed by atoms with Gasteiger partial charge >= 0.3 is 5.97 Å². The molecule has 6 rings (SSSR count). The number of amides is 2. The molecule has 1 aliphatic rings. The minimum atomic E-state index is -0.750. The molecule has 43 heavy (non-hydrogen) atoms. The number of nitrogens with zero attached hydrogens (tertiary/aromatic N) is 1. The summed E-state index contributed by atoms with van der Waals surface area (Å²) in [5, 5.41) is 8.89. The van der Waals surface area contributed by atoms with Crippen LogP contribution in [0.3, 0.4) is 0 Å². The zero-order valence-corrected chi connectivity index (χ0v) is 25.1. The Kier molecular flexibility index (Phi) is 7.64. The second-order valence-electron chi connectivity index (χ2n) is 10.5. The van der Waals surface area contributed by atoms with E-state index in [-0.39, 0.29) is 22.9 Å². The summed E-state index contributed by atoms with van der Waals surface area (Å²) in [6.45, 7) is 4.78. The summed E-state index contributed by atoms with van der Waals surface area (Å²) >= 11 is 8.21. The molecular weight excluding hydrogens is 588 g/mol. The standard InChI is InChI=1S/C32H27ClN4O5S/c1-16(2)14-35-31(39)25-5-4-18(28(36-25)32(40)41-3)20-13-26-22(29-17(15-42-26)9-11-43-29)12-21(20)30(38)37-24-7-6-23-19(27(24)33)8-10-34-23/h4-13,16,34H,14-15H2,1-3H3,(H,35,39)(H,37,38). The Morgan fingerprint density at radius 1 is 1.07 bits per heavy atom. The van der Waals surface area contributed by atoms with Gasteiger partial charge in [0.05, 0.1) is 17.8 Å². The highest BCUT2D eigenvalue weighted by molar-refractivity contribution is 7.13. The van der Waals surface area contributed by atoms with Gasteiger partial charge in [0.25, 0.3) is 11.8 Å². The first kappa shape index (κ1) is 28.4. The lowest BCUT2D eigenvalue weighted by molar-refractivity contribution is 0.0594. The maximum Gasteiger partial charge on any atom is 0.357 e. The van der Waals surface area contributed by atoms with Gasteiger partial charge in [0.2, 0.25) is 0 Å². The van der Waals surface area contributed by atoms with Crippen LogP contribution in [0.5, 0.6) is 5.75 Å². The van der Waals surface area contributed by atoms with Crippen molar-refractivity contribution in [1.29, 1.82) is 0 Å². The van der Waals surface area contributed by atoms with Crippen LogP contribution in [-0.4, -0.2) is 41.4 Å². The molecule has 2 aromatic carbocycles. The van der Waals surface area contributed by atoms with Crippen molar-refractivity contribution in [2.45, 2.75) is 20.5 Å². The summed E-state index contributed by atoms with van der Waals surface area (Å²) in [5.41, 5.74) is 3.96. The van der Waals surface area contributed by atoms with Crippen molar-refractivity contribution in [2.24, 2.45) is 5.92 Å². The molecule has 11 heteroatoms. The first-order valence-corrected chi connectivity index (χ1v) is 14.8. The Labute approximate surface area is 256 Å². The van der Waals surface area contributed by atoms with Crippen molar-refractivity contribution < 1.29 is 23.9 Å². The molecule has 0 saturated carbocycles. The third-order valence-corrected chi connectivity index (χ3v) is 8.52.